The van der Waals surface area contributed by atoms with Crippen LogP contribution in [0.15, 0.2) is 27.3 Å². The van der Waals surface area contributed by atoms with Crippen molar-refractivity contribution in [3.63, 3.8) is 0 Å². The summed E-state index contributed by atoms with van der Waals surface area (Å²) < 4.78 is 7.02. The van der Waals surface area contributed by atoms with Gasteiger partial charge in [0.1, 0.15) is 16.2 Å². The molecule has 1 aromatic carbocycles. The Bertz CT molecular complexity index is 623. The molecular weight excluding hydrogens is 419 g/mol. The predicted molar refractivity (Wildman–Crippen MR) is 83.3 cm³/mol. The van der Waals surface area contributed by atoms with Crippen molar-refractivity contribution < 1.29 is 4.74 Å². The summed E-state index contributed by atoms with van der Waals surface area (Å²) in [4.78, 5) is 8.47. The number of aromatic nitrogens is 2. The third-order valence-corrected chi connectivity index (χ3v) is 4.12. The van der Waals surface area contributed by atoms with Crippen molar-refractivity contribution >= 4 is 55.1 Å². The van der Waals surface area contributed by atoms with E-state index in [2.05, 4.69) is 41.8 Å². The molecule has 19 heavy (non-hydrogen) atoms. The molecule has 0 atom stereocenters. The third-order valence-electron chi connectivity index (χ3n) is 2.22. The van der Waals surface area contributed by atoms with Crippen molar-refractivity contribution in [2.45, 2.75) is 13.3 Å². The van der Waals surface area contributed by atoms with Crippen LogP contribution < -0.4 is 4.74 Å². The smallest absolute Gasteiger partial charge is 0.223 e. The van der Waals surface area contributed by atoms with Crippen LogP contribution in [0.4, 0.5) is 0 Å². The van der Waals surface area contributed by atoms with Crippen LogP contribution in [-0.4, -0.2) is 9.97 Å². The van der Waals surface area contributed by atoms with Gasteiger partial charge in [-0.05, 0) is 37.9 Å². The molecule has 0 aliphatic carbocycles. The zero-order valence-corrected chi connectivity index (χ0v) is 14.4. The molecule has 100 valence electrons. The zero-order chi connectivity index (χ0) is 14.0. The van der Waals surface area contributed by atoms with Gasteiger partial charge in [-0.15, -0.1) is 0 Å². The van der Waals surface area contributed by atoms with Gasteiger partial charge in [0, 0.05) is 23.0 Å². The standard InChI is InChI=1S/C12H8Br2Cl2N2O/c1-2-11-17-10(14)5-12(18-11)19-9-4-7(15)6(13)3-8(9)16/h3-5H,2H2,1H3. The van der Waals surface area contributed by atoms with Crippen LogP contribution in [-0.2, 0) is 6.42 Å². The molecule has 7 heteroatoms. The minimum Gasteiger partial charge on any atom is -0.437 e. The van der Waals surface area contributed by atoms with Gasteiger partial charge in [0.25, 0.3) is 0 Å². The van der Waals surface area contributed by atoms with Crippen LogP contribution in [0.5, 0.6) is 11.6 Å². The monoisotopic (exact) mass is 424 g/mol. The molecule has 0 amide bonds. The summed E-state index contributed by atoms with van der Waals surface area (Å²) in [5.41, 5.74) is 0. The van der Waals surface area contributed by atoms with Crippen molar-refractivity contribution in [2.75, 3.05) is 0 Å². The van der Waals surface area contributed by atoms with Gasteiger partial charge < -0.3 is 4.74 Å². The fourth-order valence-electron chi connectivity index (χ4n) is 1.35. The number of rotatable bonds is 3. The molecule has 0 unspecified atom stereocenters. The maximum Gasteiger partial charge on any atom is 0.223 e. The molecule has 0 fully saturated rings. The lowest BCUT2D eigenvalue weighted by atomic mass is 10.3. The Morgan fingerprint density at radius 3 is 2.53 bits per heavy atom. The van der Waals surface area contributed by atoms with Gasteiger partial charge in [-0.25, -0.2) is 4.98 Å². The highest BCUT2D eigenvalue weighted by atomic mass is 79.9. The SMILES string of the molecule is CCc1nc(Br)cc(Oc2cc(Cl)c(Br)cc2Cl)n1. The van der Waals surface area contributed by atoms with E-state index in [1.807, 2.05) is 6.92 Å². The number of benzene rings is 1. The Morgan fingerprint density at radius 1 is 1.11 bits per heavy atom. The van der Waals surface area contributed by atoms with Gasteiger partial charge in [-0.1, -0.05) is 30.1 Å². The van der Waals surface area contributed by atoms with Crippen molar-refractivity contribution in [3.8, 4) is 11.6 Å². The Labute approximate surface area is 137 Å². The normalized spacial score (nSPS) is 10.6. The zero-order valence-electron chi connectivity index (χ0n) is 9.75. The summed E-state index contributed by atoms with van der Waals surface area (Å²) in [5, 5.41) is 0.965. The predicted octanol–water partition coefficient (Wildman–Crippen LogP) is 5.66. The quantitative estimate of drug-likeness (QED) is 0.469. The highest BCUT2D eigenvalue weighted by Crippen LogP contribution is 2.36. The molecule has 0 aliphatic rings. The molecule has 0 N–H and O–H groups in total. The lowest BCUT2D eigenvalue weighted by molar-refractivity contribution is 0.458. The van der Waals surface area contributed by atoms with Crippen molar-refractivity contribution in [1.29, 1.82) is 0 Å². The maximum absolute atomic E-state index is 6.10. The molecule has 0 bridgehead atoms. The van der Waals surface area contributed by atoms with E-state index in [0.717, 1.165) is 0 Å². The lowest BCUT2D eigenvalue weighted by Gasteiger charge is -2.09. The first kappa shape index (κ1) is 15.0. The Kier molecular flexibility index (Phi) is 5.06. The summed E-state index contributed by atoms with van der Waals surface area (Å²) in [6.45, 7) is 1.97. The minimum absolute atomic E-state index is 0.416. The first-order valence-electron chi connectivity index (χ1n) is 5.35. The second kappa shape index (κ2) is 6.39. The first-order valence-corrected chi connectivity index (χ1v) is 7.69. The molecule has 0 aliphatic heterocycles. The van der Waals surface area contributed by atoms with Gasteiger partial charge >= 0.3 is 0 Å². The van der Waals surface area contributed by atoms with Crippen LogP contribution >= 0.6 is 55.1 Å². The topological polar surface area (TPSA) is 35.0 Å². The summed E-state index contributed by atoms with van der Waals surface area (Å²) in [6.07, 6.45) is 0.713. The molecule has 0 saturated heterocycles. The molecule has 0 saturated carbocycles. The Morgan fingerprint density at radius 2 is 1.84 bits per heavy atom. The Hall–Kier alpha value is -0.360. The van der Waals surface area contributed by atoms with E-state index in [0.29, 0.717) is 43.0 Å². The van der Waals surface area contributed by atoms with Gasteiger partial charge in [0.2, 0.25) is 5.88 Å². The van der Waals surface area contributed by atoms with E-state index >= 15 is 0 Å². The van der Waals surface area contributed by atoms with E-state index in [1.165, 1.54) is 0 Å². The van der Waals surface area contributed by atoms with Crippen molar-refractivity contribution in [3.05, 3.63) is 43.1 Å². The van der Waals surface area contributed by atoms with Gasteiger partial charge in [0.15, 0.2) is 0 Å². The van der Waals surface area contributed by atoms with E-state index < -0.39 is 0 Å². The van der Waals surface area contributed by atoms with Crippen LogP contribution in [0.2, 0.25) is 10.0 Å². The average Bonchev–Trinajstić information content (AvgIpc) is 2.35. The molecule has 1 heterocycles. The lowest BCUT2D eigenvalue weighted by Crippen LogP contribution is -1.97. The van der Waals surface area contributed by atoms with Crippen LogP contribution in [0.1, 0.15) is 12.7 Å². The highest BCUT2D eigenvalue weighted by molar-refractivity contribution is 9.10. The third kappa shape index (κ3) is 3.81. The number of hydrogen-bond acceptors (Lipinski definition) is 3. The van der Waals surface area contributed by atoms with Gasteiger partial charge in [-0.2, -0.15) is 4.98 Å². The number of halogens is 4. The molecule has 0 radical (unpaired) electrons. The maximum atomic E-state index is 6.10. The minimum atomic E-state index is 0.416. The van der Waals surface area contributed by atoms with Crippen LogP contribution in [0.25, 0.3) is 0 Å². The second-order valence-corrected chi connectivity index (χ2v) is 6.08. The molecule has 2 aromatic rings. The fraction of sp³-hybridized carbons (Fsp3) is 0.167. The van der Waals surface area contributed by atoms with E-state index in [4.69, 9.17) is 27.9 Å². The van der Waals surface area contributed by atoms with Crippen LogP contribution in [0.3, 0.4) is 0 Å². The summed E-state index contributed by atoms with van der Waals surface area (Å²) in [7, 11) is 0. The molecular formula is C12H8Br2Cl2N2O. The number of aryl methyl sites for hydroxylation is 1. The largest absolute Gasteiger partial charge is 0.437 e. The van der Waals surface area contributed by atoms with Crippen LogP contribution in [0, 0.1) is 0 Å². The first-order chi connectivity index (χ1) is 8.99. The van der Waals surface area contributed by atoms with E-state index in [9.17, 15) is 0 Å². The van der Waals surface area contributed by atoms with E-state index in [-0.39, 0.29) is 0 Å². The van der Waals surface area contributed by atoms with Gasteiger partial charge in [-0.3, -0.25) is 0 Å². The summed E-state index contributed by atoms with van der Waals surface area (Å²) in [6, 6.07) is 4.98. The summed E-state index contributed by atoms with van der Waals surface area (Å²) >= 11 is 18.7. The molecule has 2 rings (SSSR count). The van der Waals surface area contributed by atoms with Gasteiger partial charge in [0.05, 0.1) is 10.0 Å². The number of ether oxygens (including phenoxy) is 1. The summed E-state index contributed by atoms with van der Waals surface area (Å²) in [5.74, 6) is 1.55. The molecule has 3 nitrogen and oxygen atoms in total. The Balaban J connectivity index is 2.36. The van der Waals surface area contributed by atoms with E-state index in [1.54, 1.807) is 18.2 Å². The van der Waals surface area contributed by atoms with Crippen molar-refractivity contribution in [1.82, 2.24) is 9.97 Å². The second-order valence-electron chi connectivity index (χ2n) is 3.60. The number of nitrogens with zero attached hydrogens (tertiary/aromatic N) is 2. The molecule has 0 spiro atoms. The average molecular weight is 427 g/mol. The molecule has 1 aromatic heterocycles. The highest BCUT2D eigenvalue weighted by Gasteiger charge is 2.10. The van der Waals surface area contributed by atoms with Crippen molar-refractivity contribution in [2.24, 2.45) is 0 Å². The fourth-order valence-corrected chi connectivity index (χ4v) is 2.58. The number of hydrogen-bond donors (Lipinski definition) is 0.